The molecule has 1 aliphatic rings. The molecular weight excluding hydrogens is 203 g/mol. The predicted molar refractivity (Wildman–Crippen MR) is 65.3 cm³/mol. The molecule has 1 aromatic carbocycles. The van der Waals surface area contributed by atoms with Gasteiger partial charge in [-0.1, -0.05) is 19.1 Å². The number of hydrogen-bond donors (Lipinski definition) is 1. The third-order valence-electron chi connectivity index (χ3n) is 3.25. The normalized spacial score (nSPS) is 25.8. The first-order valence-corrected chi connectivity index (χ1v) is 5.97. The van der Waals surface area contributed by atoms with Crippen LogP contribution in [0.4, 0.5) is 10.1 Å². The molecule has 0 radical (unpaired) electrons. The monoisotopic (exact) mass is 222 g/mol. The van der Waals surface area contributed by atoms with E-state index in [0.717, 1.165) is 25.2 Å². The quantitative estimate of drug-likeness (QED) is 0.826. The fraction of sp³-hybridized carbons (Fsp3) is 0.538. The van der Waals surface area contributed by atoms with E-state index in [0.29, 0.717) is 12.1 Å². The third-order valence-corrected chi connectivity index (χ3v) is 3.25. The zero-order valence-electron chi connectivity index (χ0n) is 9.91. The molecule has 1 heterocycles. The second-order valence-corrected chi connectivity index (χ2v) is 4.48. The molecule has 0 aliphatic carbocycles. The molecule has 0 saturated carbocycles. The van der Waals surface area contributed by atoms with E-state index in [-0.39, 0.29) is 5.82 Å². The molecule has 16 heavy (non-hydrogen) atoms. The second kappa shape index (κ2) is 4.83. The van der Waals surface area contributed by atoms with Gasteiger partial charge in [0.15, 0.2) is 0 Å². The van der Waals surface area contributed by atoms with E-state index in [1.165, 1.54) is 6.07 Å². The molecule has 3 heteroatoms. The van der Waals surface area contributed by atoms with E-state index in [2.05, 4.69) is 24.1 Å². The summed E-state index contributed by atoms with van der Waals surface area (Å²) in [5, 5.41) is 3.44. The Morgan fingerprint density at radius 1 is 1.44 bits per heavy atom. The molecule has 0 spiro atoms. The van der Waals surface area contributed by atoms with Gasteiger partial charge in [-0.15, -0.1) is 0 Å². The predicted octanol–water partition coefficient (Wildman–Crippen LogP) is 2.40. The summed E-state index contributed by atoms with van der Waals surface area (Å²) >= 11 is 0. The van der Waals surface area contributed by atoms with Gasteiger partial charge < -0.3 is 10.2 Å². The van der Waals surface area contributed by atoms with Crippen LogP contribution in [0, 0.1) is 5.82 Å². The molecule has 0 amide bonds. The van der Waals surface area contributed by atoms with E-state index < -0.39 is 0 Å². The maximum atomic E-state index is 13.7. The Labute approximate surface area is 96.5 Å². The maximum Gasteiger partial charge on any atom is 0.146 e. The average molecular weight is 222 g/mol. The summed E-state index contributed by atoms with van der Waals surface area (Å²) < 4.78 is 13.7. The van der Waals surface area contributed by atoms with Gasteiger partial charge >= 0.3 is 0 Å². The number of para-hydroxylation sites is 1. The summed E-state index contributed by atoms with van der Waals surface area (Å²) in [6.07, 6.45) is 1.04. The lowest BCUT2D eigenvalue weighted by molar-refractivity contribution is 0.398. The molecule has 1 aliphatic heterocycles. The van der Waals surface area contributed by atoms with Gasteiger partial charge in [-0.25, -0.2) is 4.39 Å². The maximum absolute atomic E-state index is 13.7. The van der Waals surface area contributed by atoms with Crippen LogP contribution in [0.25, 0.3) is 0 Å². The van der Waals surface area contributed by atoms with E-state index in [9.17, 15) is 4.39 Å². The Hall–Kier alpha value is -1.09. The average Bonchev–Trinajstić information content (AvgIpc) is 2.29. The Kier molecular flexibility index (Phi) is 3.44. The Balaban J connectivity index is 2.26. The van der Waals surface area contributed by atoms with Crippen molar-refractivity contribution in [2.24, 2.45) is 0 Å². The Bertz CT molecular complexity index is 354. The molecule has 1 saturated heterocycles. The standard InChI is InChI=1S/C13H19FN2/c1-3-11-8-15-10(2)9-16(11)13-7-5-4-6-12(13)14/h4-7,10-11,15H,3,8-9H2,1-2H3. The molecular formula is C13H19FN2. The van der Waals surface area contributed by atoms with Crippen molar-refractivity contribution in [3.05, 3.63) is 30.1 Å². The molecule has 1 fully saturated rings. The number of anilines is 1. The van der Waals surface area contributed by atoms with Crippen molar-refractivity contribution in [1.29, 1.82) is 0 Å². The molecule has 2 rings (SSSR count). The lowest BCUT2D eigenvalue weighted by Gasteiger charge is -2.40. The summed E-state index contributed by atoms with van der Waals surface area (Å²) in [4.78, 5) is 2.19. The molecule has 2 unspecified atom stereocenters. The third kappa shape index (κ3) is 2.19. The van der Waals surface area contributed by atoms with Crippen molar-refractivity contribution < 1.29 is 4.39 Å². The number of benzene rings is 1. The molecule has 1 aromatic rings. The van der Waals surface area contributed by atoms with Gasteiger partial charge in [0, 0.05) is 25.2 Å². The Morgan fingerprint density at radius 2 is 2.19 bits per heavy atom. The van der Waals surface area contributed by atoms with Gasteiger partial charge in [-0.05, 0) is 25.5 Å². The van der Waals surface area contributed by atoms with Gasteiger partial charge in [0.25, 0.3) is 0 Å². The highest BCUT2D eigenvalue weighted by Gasteiger charge is 2.26. The molecule has 2 atom stereocenters. The molecule has 1 N–H and O–H groups in total. The Morgan fingerprint density at radius 3 is 2.88 bits per heavy atom. The number of nitrogens with one attached hydrogen (secondary N) is 1. The lowest BCUT2D eigenvalue weighted by Crippen LogP contribution is -2.55. The number of piperazine rings is 1. The highest BCUT2D eigenvalue weighted by atomic mass is 19.1. The first-order chi connectivity index (χ1) is 7.72. The summed E-state index contributed by atoms with van der Waals surface area (Å²) in [5.41, 5.74) is 0.739. The highest BCUT2D eigenvalue weighted by Crippen LogP contribution is 2.24. The van der Waals surface area contributed by atoms with Gasteiger partial charge in [0.05, 0.1) is 5.69 Å². The SMILES string of the molecule is CCC1CNC(C)CN1c1ccccc1F. The minimum Gasteiger partial charge on any atom is -0.363 e. The first kappa shape index (κ1) is 11.4. The lowest BCUT2D eigenvalue weighted by atomic mass is 10.1. The van der Waals surface area contributed by atoms with Gasteiger partial charge in [-0.2, -0.15) is 0 Å². The summed E-state index contributed by atoms with van der Waals surface area (Å²) in [6.45, 7) is 6.10. The van der Waals surface area contributed by atoms with E-state index in [1.807, 2.05) is 12.1 Å². The van der Waals surface area contributed by atoms with Crippen LogP contribution in [0.3, 0.4) is 0 Å². The molecule has 2 nitrogen and oxygen atoms in total. The van der Waals surface area contributed by atoms with Crippen molar-refractivity contribution in [3.63, 3.8) is 0 Å². The largest absolute Gasteiger partial charge is 0.363 e. The molecule has 0 bridgehead atoms. The minimum atomic E-state index is -0.116. The summed E-state index contributed by atoms with van der Waals surface area (Å²) in [6, 6.07) is 7.86. The van der Waals surface area contributed by atoms with Crippen LogP contribution in [0.15, 0.2) is 24.3 Å². The van der Waals surface area contributed by atoms with Crippen molar-refractivity contribution in [2.45, 2.75) is 32.4 Å². The smallest absolute Gasteiger partial charge is 0.146 e. The van der Waals surface area contributed by atoms with Crippen LogP contribution in [-0.4, -0.2) is 25.2 Å². The highest BCUT2D eigenvalue weighted by molar-refractivity contribution is 5.49. The van der Waals surface area contributed by atoms with Crippen LogP contribution in [0.1, 0.15) is 20.3 Å². The van der Waals surface area contributed by atoms with Crippen molar-refractivity contribution >= 4 is 5.69 Å². The van der Waals surface area contributed by atoms with Crippen LogP contribution < -0.4 is 10.2 Å². The first-order valence-electron chi connectivity index (χ1n) is 5.97. The minimum absolute atomic E-state index is 0.116. The van der Waals surface area contributed by atoms with Gasteiger partial charge in [0.1, 0.15) is 5.82 Å². The molecule has 0 aromatic heterocycles. The van der Waals surface area contributed by atoms with Crippen LogP contribution in [0.5, 0.6) is 0 Å². The van der Waals surface area contributed by atoms with Crippen molar-refractivity contribution in [2.75, 3.05) is 18.0 Å². The number of halogens is 1. The van der Waals surface area contributed by atoms with Crippen molar-refractivity contribution in [1.82, 2.24) is 5.32 Å². The zero-order valence-corrected chi connectivity index (χ0v) is 9.91. The number of hydrogen-bond acceptors (Lipinski definition) is 2. The molecule has 88 valence electrons. The van der Waals surface area contributed by atoms with Gasteiger partial charge in [-0.3, -0.25) is 0 Å². The second-order valence-electron chi connectivity index (χ2n) is 4.48. The van der Waals surface area contributed by atoms with Crippen LogP contribution in [-0.2, 0) is 0 Å². The van der Waals surface area contributed by atoms with E-state index in [4.69, 9.17) is 0 Å². The fourth-order valence-electron chi connectivity index (χ4n) is 2.30. The summed E-state index contributed by atoms with van der Waals surface area (Å²) in [5.74, 6) is -0.116. The zero-order chi connectivity index (χ0) is 11.5. The number of nitrogens with zero attached hydrogens (tertiary/aromatic N) is 1. The van der Waals surface area contributed by atoms with Crippen LogP contribution in [0.2, 0.25) is 0 Å². The fourth-order valence-corrected chi connectivity index (χ4v) is 2.30. The van der Waals surface area contributed by atoms with Gasteiger partial charge in [0.2, 0.25) is 0 Å². The number of rotatable bonds is 2. The van der Waals surface area contributed by atoms with Crippen LogP contribution >= 0.6 is 0 Å². The topological polar surface area (TPSA) is 15.3 Å². The summed E-state index contributed by atoms with van der Waals surface area (Å²) in [7, 11) is 0. The van der Waals surface area contributed by atoms with E-state index >= 15 is 0 Å². The van der Waals surface area contributed by atoms with Crippen molar-refractivity contribution in [3.8, 4) is 0 Å². The van der Waals surface area contributed by atoms with E-state index in [1.54, 1.807) is 6.07 Å².